The van der Waals surface area contributed by atoms with Crippen LogP contribution in [0, 0.1) is 0 Å². The van der Waals surface area contributed by atoms with Crippen LogP contribution < -0.4 is 5.32 Å². The molecule has 1 saturated heterocycles. The van der Waals surface area contributed by atoms with Gasteiger partial charge >= 0.3 is 12.0 Å². The van der Waals surface area contributed by atoms with Gasteiger partial charge in [0.1, 0.15) is 6.04 Å². The number of aliphatic hydroxyl groups is 1. The number of carbonyl (C=O) groups excluding carboxylic acids is 1. The molecule has 0 aliphatic carbocycles. The molecule has 20 heavy (non-hydrogen) atoms. The number of β-amino-alcohol motifs (C(OH)–C–C–N with tert-alkyl or cyclic N) is 1. The molecule has 1 fully saturated rings. The number of nitrogens with zero attached hydrogens (tertiary/aromatic N) is 1. The second kappa shape index (κ2) is 8.76. The molecule has 0 aromatic carbocycles. The summed E-state index contributed by atoms with van der Waals surface area (Å²) in [6.45, 7) is 3.89. The highest BCUT2D eigenvalue weighted by atomic mass is 16.5. The monoisotopic (exact) mass is 288 g/mol. The van der Waals surface area contributed by atoms with Crippen molar-refractivity contribution in [1.82, 2.24) is 10.2 Å². The SMILES string of the molecule is CCCCOCCCNC(=O)N1C[C@@H](O)C[C@H]1C(=O)O. The molecule has 0 unspecified atom stereocenters. The molecule has 116 valence electrons. The fourth-order valence-electron chi connectivity index (χ4n) is 2.09. The van der Waals surface area contributed by atoms with Crippen molar-refractivity contribution in [3.63, 3.8) is 0 Å². The molecule has 0 aromatic rings. The molecule has 2 amide bonds. The first-order chi connectivity index (χ1) is 9.56. The third-order valence-corrected chi connectivity index (χ3v) is 3.21. The van der Waals surface area contributed by atoms with Crippen molar-refractivity contribution >= 4 is 12.0 Å². The predicted octanol–water partition coefficient (Wildman–Crippen LogP) is 0.423. The fraction of sp³-hybridized carbons (Fsp3) is 0.846. The van der Waals surface area contributed by atoms with Crippen LogP contribution in [0.15, 0.2) is 0 Å². The van der Waals surface area contributed by atoms with Crippen LogP contribution >= 0.6 is 0 Å². The lowest BCUT2D eigenvalue weighted by Gasteiger charge is -2.21. The first-order valence-electron chi connectivity index (χ1n) is 7.09. The summed E-state index contributed by atoms with van der Waals surface area (Å²) >= 11 is 0. The van der Waals surface area contributed by atoms with Crippen molar-refractivity contribution in [3.05, 3.63) is 0 Å². The summed E-state index contributed by atoms with van der Waals surface area (Å²) in [5, 5.41) is 21.1. The molecule has 1 aliphatic rings. The Morgan fingerprint density at radius 2 is 2.05 bits per heavy atom. The van der Waals surface area contributed by atoms with Gasteiger partial charge in [-0.05, 0) is 12.8 Å². The minimum atomic E-state index is -1.08. The molecular formula is C13H24N2O5. The van der Waals surface area contributed by atoms with Crippen molar-refractivity contribution in [2.75, 3.05) is 26.3 Å². The number of aliphatic hydroxyl groups excluding tert-OH is 1. The minimum absolute atomic E-state index is 0.0653. The number of carbonyl (C=O) groups is 2. The van der Waals surface area contributed by atoms with E-state index in [9.17, 15) is 14.7 Å². The van der Waals surface area contributed by atoms with Gasteiger partial charge in [0.2, 0.25) is 0 Å². The largest absolute Gasteiger partial charge is 0.480 e. The Morgan fingerprint density at radius 3 is 2.70 bits per heavy atom. The predicted molar refractivity (Wildman–Crippen MR) is 72.5 cm³/mol. The molecule has 2 atom stereocenters. The van der Waals surface area contributed by atoms with E-state index in [1.54, 1.807) is 0 Å². The Balaban J connectivity index is 2.20. The molecule has 1 heterocycles. The average molecular weight is 288 g/mol. The summed E-state index contributed by atoms with van der Waals surface area (Å²) in [5.74, 6) is -1.08. The quantitative estimate of drug-likeness (QED) is 0.562. The Labute approximate surface area is 118 Å². The van der Waals surface area contributed by atoms with Gasteiger partial charge in [-0.15, -0.1) is 0 Å². The number of urea groups is 1. The van der Waals surface area contributed by atoms with E-state index >= 15 is 0 Å². The number of carboxylic acid groups (broad SMARTS) is 1. The Morgan fingerprint density at radius 1 is 1.35 bits per heavy atom. The second-order valence-corrected chi connectivity index (χ2v) is 4.95. The van der Waals surface area contributed by atoms with E-state index in [4.69, 9.17) is 9.84 Å². The first-order valence-corrected chi connectivity index (χ1v) is 7.09. The maximum Gasteiger partial charge on any atom is 0.326 e. The zero-order valence-corrected chi connectivity index (χ0v) is 11.9. The molecule has 0 spiro atoms. The van der Waals surface area contributed by atoms with Gasteiger partial charge in [0.25, 0.3) is 0 Å². The molecular weight excluding hydrogens is 264 g/mol. The number of hydrogen-bond acceptors (Lipinski definition) is 4. The lowest BCUT2D eigenvalue weighted by molar-refractivity contribution is -0.141. The molecule has 0 radical (unpaired) electrons. The Hall–Kier alpha value is -1.34. The van der Waals surface area contributed by atoms with Crippen LogP contribution in [0.3, 0.4) is 0 Å². The van der Waals surface area contributed by atoms with Crippen LogP contribution in [0.5, 0.6) is 0 Å². The molecule has 7 nitrogen and oxygen atoms in total. The van der Waals surface area contributed by atoms with Gasteiger partial charge in [-0.2, -0.15) is 0 Å². The molecule has 0 aromatic heterocycles. The van der Waals surface area contributed by atoms with E-state index in [1.807, 2.05) is 0 Å². The van der Waals surface area contributed by atoms with Crippen LogP contribution in [0.2, 0.25) is 0 Å². The van der Waals surface area contributed by atoms with E-state index in [1.165, 1.54) is 4.90 Å². The lowest BCUT2D eigenvalue weighted by atomic mass is 10.2. The van der Waals surface area contributed by atoms with Crippen LogP contribution in [-0.4, -0.2) is 65.6 Å². The van der Waals surface area contributed by atoms with Crippen LogP contribution in [-0.2, 0) is 9.53 Å². The summed E-state index contributed by atoms with van der Waals surface area (Å²) in [6, 6.07) is -1.38. The van der Waals surface area contributed by atoms with Gasteiger partial charge in [-0.3, -0.25) is 0 Å². The van der Waals surface area contributed by atoms with Crippen molar-refractivity contribution in [3.8, 4) is 0 Å². The molecule has 0 saturated carbocycles. The summed E-state index contributed by atoms with van der Waals surface area (Å²) in [6.07, 6.45) is 2.12. The van der Waals surface area contributed by atoms with Gasteiger partial charge in [0, 0.05) is 32.7 Å². The normalized spacial score (nSPS) is 22.0. The number of rotatable bonds is 8. The average Bonchev–Trinajstić information content (AvgIpc) is 2.80. The first kappa shape index (κ1) is 16.7. The van der Waals surface area contributed by atoms with Crippen LogP contribution in [0.25, 0.3) is 0 Å². The maximum atomic E-state index is 11.8. The number of likely N-dealkylation sites (tertiary alicyclic amines) is 1. The Kier molecular flexibility index (Phi) is 7.32. The summed E-state index contributed by atoms with van der Waals surface area (Å²) in [5.41, 5.74) is 0. The van der Waals surface area contributed by atoms with Gasteiger partial charge < -0.3 is 25.2 Å². The minimum Gasteiger partial charge on any atom is -0.480 e. The number of ether oxygens (including phenoxy) is 1. The van der Waals surface area contributed by atoms with Crippen LogP contribution in [0.1, 0.15) is 32.6 Å². The highest BCUT2D eigenvalue weighted by molar-refractivity contribution is 5.83. The van der Waals surface area contributed by atoms with Gasteiger partial charge in [0.15, 0.2) is 0 Å². The third-order valence-electron chi connectivity index (χ3n) is 3.21. The highest BCUT2D eigenvalue weighted by Gasteiger charge is 2.38. The number of carboxylic acids is 1. The second-order valence-electron chi connectivity index (χ2n) is 4.95. The number of aliphatic carboxylic acids is 1. The van der Waals surface area contributed by atoms with Gasteiger partial charge in [-0.1, -0.05) is 13.3 Å². The molecule has 0 bridgehead atoms. The van der Waals surface area contributed by atoms with Crippen molar-refractivity contribution in [2.45, 2.75) is 44.8 Å². The number of unbranched alkanes of at least 4 members (excludes halogenated alkanes) is 1. The molecule has 1 aliphatic heterocycles. The molecule has 1 rings (SSSR count). The summed E-state index contributed by atoms with van der Waals surface area (Å²) in [4.78, 5) is 24.0. The number of amides is 2. The van der Waals surface area contributed by atoms with Crippen molar-refractivity contribution in [2.24, 2.45) is 0 Å². The van der Waals surface area contributed by atoms with E-state index in [0.29, 0.717) is 19.6 Å². The van der Waals surface area contributed by atoms with Crippen LogP contribution in [0.4, 0.5) is 4.79 Å². The Bertz CT molecular complexity index is 324. The van der Waals surface area contributed by atoms with E-state index in [0.717, 1.165) is 19.4 Å². The standard InChI is InChI=1S/C13H24N2O5/c1-2-3-6-20-7-4-5-14-13(19)15-9-10(16)8-11(15)12(17)18/h10-11,16H,2-9H2,1H3,(H,14,19)(H,17,18)/t10-,11-/m0/s1. The molecule has 7 heteroatoms. The number of nitrogens with one attached hydrogen (secondary N) is 1. The van der Waals surface area contributed by atoms with Crippen molar-refractivity contribution < 1.29 is 24.5 Å². The topological polar surface area (TPSA) is 99.1 Å². The summed E-state index contributed by atoms with van der Waals surface area (Å²) in [7, 11) is 0. The van der Waals surface area contributed by atoms with Crippen molar-refractivity contribution in [1.29, 1.82) is 0 Å². The number of hydrogen-bond donors (Lipinski definition) is 3. The van der Waals surface area contributed by atoms with Gasteiger partial charge in [-0.25, -0.2) is 9.59 Å². The zero-order chi connectivity index (χ0) is 15.0. The summed E-state index contributed by atoms with van der Waals surface area (Å²) < 4.78 is 5.36. The zero-order valence-electron chi connectivity index (χ0n) is 11.9. The van der Waals surface area contributed by atoms with E-state index in [-0.39, 0.29) is 13.0 Å². The highest BCUT2D eigenvalue weighted by Crippen LogP contribution is 2.17. The van der Waals surface area contributed by atoms with E-state index < -0.39 is 24.1 Å². The fourth-order valence-corrected chi connectivity index (χ4v) is 2.09. The lowest BCUT2D eigenvalue weighted by Crippen LogP contribution is -2.46. The smallest absolute Gasteiger partial charge is 0.326 e. The molecule has 3 N–H and O–H groups in total. The maximum absolute atomic E-state index is 11.8. The van der Waals surface area contributed by atoms with E-state index in [2.05, 4.69) is 12.2 Å². The van der Waals surface area contributed by atoms with Gasteiger partial charge in [0.05, 0.1) is 6.10 Å². The third kappa shape index (κ3) is 5.34.